The van der Waals surface area contributed by atoms with Gasteiger partial charge in [-0.15, -0.1) is 0 Å². The maximum atomic E-state index is 4.52. The van der Waals surface area contributed by atoms with Crippen LogP contribution in [0.2, 0.25) is 0 Å². The van der Waals surface area contributed by atoms with Crippen LogP contribution in [0, 0.1) is 0 Å². The lowest BCUT2D eigenvalue weighted by molar-refractivity contribution is -0.407. The fourth-order valence-corrected chi connectivity index (χ4v) is 3.12. The first-order valence-electron chi connectivity index (χ1n) is 4.67. The highest BCUT2D eigenvalue weighted by Crippen LogP contribution is 2.26. The summed E-state index contributed by atoms with van der Waals surface area (Å²) in [5, 5.41) is 1.93. The average molecular weight is 263 g/mol. The summed E-state index contributed by atoms with van der Waals surface area (Å²) >= 11 is 1.92. The molecule has 0 fully saturated rings. The van der Waals surface area contributed by atoms with E-state index in [9.17, 15) is 0 Å². The lowest BCUT2D eigenvalue weighted by atomic mass is 10.2. The van der Waals surface area contributed by atoms with Gasteiger partial charge in [-0.25, -0.2) is 4.58 Å². The molecular formula is C9H15BrN2S. The number of fused-ring (bicyclic) bond motifs is 1. The molecule has 0 radical (unpaired) electrons. The van der Waals surface area contributed by atoms with Gasteiger partial charge in [0.15, 0.2) is 0 Å². The number of amidine groups is 1. The molecule has 2 aliphatic rings. The van der Waals surface area contributed by atoms with Crippen LogP contribution >= 0.6 is 11.8 Å². The molecule has 2 heterocycles. The number of hydrogen-bond donors (Lipinski definition) is 0. The Bertz CT molecular complexity index is 260. The van der Waals surface area contributed by atoms with Gasteiger partial charge in [0.2, 0.25) is 0 Å². The summed E-state index contributed by atoms with van der Waals surface area (Å²) < 4.78 is 2.42. The molecule has 0 aliphatic carbocycles. The molecule has 0 aromatic rings. The van der Waals surface area contributed by atoms with Gasteiger partial charge in [-0.05, 0) is 18.7 Å². The minimum atomic E-state index is 0. The van der Waals surface area contributed by atoms with Gasteiger partial charge in [0, 0.05) is 12.8 Å². The Morgan fingerprint density at radius 1 is 1.62 bits per heavy atom. The molecule has 0 aromatic carbocycles. The molecule has 0 spiro atoms. The molecule has 13 heavy (non-hydrogen) atoms. The SMILES string of the molecule is CCC1=[N+]2CCCN=C2SC1C.[Br-]. The van der Waals surface area contributed by atoms with E-state index in [4.69, 9.17) is 0 Å². The van der Waals surface area contributed by atoms with E-state index >= 15 is 0 Å². The predicted molar refractivity (Wildman–Crippen MR) is 54.4 cm³/mol. The fraction of sp³-hybridized carbons (Fsp3) is 0.778. The largest absolute Gasteiger partial charge is 1.00 e. The van der Waals surface area contributed by atoms with Crippen molar-refractivity contribution in [1.82, 2.24) is 0 Å². The molecule has 0 saturated heterocycles. The quantitative estimate of drug-likeness (QED) is 0.540. The van der Waals surface area contributed by atoms with Crippen molar-refractivity contribution in [2.75, 3.05) is 13.1 Å². The predicted octanol–water partition coefficient (Wildman–Crippen LogP) is -1.25. The van der Waals surface area contributed by atoms with Gasteiger partial charge >= 0.3 is 5.17 Å². The topological polar surface area (TPSA) is 15.4 Å². The van der Waals surface area contributed by atoms with Crippen LogP contribution in [0.5, 0.6) is 0 Å². The number of halogens is 1. The summed E-state index contributed by atoms with van der Waals surface area (Å²) in [5.74, 6) is 0. The summed E-state index contributed by atoms with van der Waals surface area (Å²) in [7, 11) is 0. The van der Waals surface area contributed by atoms with Crippen LogP contribution in [0.1, 0.15) is 26.7 Å². The molecule has 2 rings (SSSR count). The summed E-state index contributed by atoms with van der Waals surface area (Å²) in [5.41, 5.74) is 1.57. The van der Waals surface area contributed by atoms with Gasteiger partial charge in [-0.3, -0.25) is 0 Å². The van der Waals surface area contributed by atoms with Crippen LogP contribution in [0.15, 0.2) is 4.99 Å². The molecule has 1 atom stereocenters. The Labute approximate surface area is 94.3 Å². The lowest BCUT2D eigenvalue weighted by Gasteiger charge is -2.05. The van der Waals surface area contributed by atoms with Crippen molar-refractivity contribution in [3.8, 4) is 0 Å². The van der Waals surface area contributed by atoms with Crippen molar-refractivity contribution in [3.05, 3.63) is 0 Å². The van der Waals surface area contributed by atoms with Crippen molar-refractivity contribution in [2.24, 2.45) is 4.99 Å². The van der Waals surface area contributed by atoms with Gasteiger partial charge in [0.25, 0.3) is 0 Å². The van der Waals surface area contributed by atoms with E-state index < -0.39 is 0 Å². The zero-order valence-electron chi connectivity index (χ0n) is 8.09. The minimum Gasteiger partial charge on any atom is -1.00 e. The molecule has 2 aliphatic heterocycles. The summed E-state index contributed by atoms with van der Waals surface area (Å²) in [6, 6.07) is 0. The molecule has 0 N–H and O–H groups in total. The Hall–Kier alpha value is 0.170. The Kier molecular flexibility index (Phi) is 3.98. The van der Waals surface area contributed by atoms with E-state index in [1.807, 2.05) is 11.8 Å². The maximum absolute atomic E-state index is 4.52. The number of aliphatic imine (C=N–C) groups is 1. The van der Waals surface area contributed by atoms with E-state index in [0.717, 1.165) is 6.54 Å². The van der Waals surface area contributed by atoms with E-state index in [1.54, 1.807) is 5.71 Å². The van der Waals surface area contributed by atoms with Gasteiger partial charge in [-0.2, -0.15) is 0 Å². The molecular weight excluding hydrogens is 248 g/mol. The standard InChI is InChI=1S/C9H15N2S.BrH/c1-3-8-7(2)12-9-10-5-4-6-11(8)9;/h7H,3-6H2,1-2H3;1H/q+1;/p-1. The van der Waals surface area contributed by atoms with Crippen LogP contribution in [0.3, 0.4) is 0 Å². The molecule has 0 bridgehead atoms. The minimum absolute atomic E-state index is 0. The average Bonchev–Trinajstić information content (AvgIpc) is 2.40. The summed E-state index contributed by atoms with van der Waals surface area (Å²) in [6.07, 6.45) is 2.40. The first-order chi connectivity index (χ1) is 5.83. The van der Waals surface area contributed by atoms with Gasteiger partial charge in [-0.1, -0.05) is 11.9 Å². The van der Waals surface area contributed by atoms with Crippen LogP contribution < -0.4 is 17.0 Å². The van der Waals surface area contributed by atoms with Crippen molar-refractivity contribution >= 4 is 22.6 Å². The van der Waals surface area contributed by atoms with E-state index in [1.165, 1.54) is 24.6 Å². The van der Waals surface area contributed by atoms with Crippen LogP contribution in [-0.2, 0) is 0 Å². The summed E-state index contributed by atoms with van der Waals surface area (Å²) in [4.78, 5) is 4.52. The number of rotatable bonds is 1. The van der Waals surface area contributed by atoms with Crippen LogP contribution in [0.25, 0.3) is 0 Å². The first-order valence-corrected chi connectivity index (χ1v) is 5.55. The normalized spacial score (nSPS) is 26.6. The highest BCUT2D eigenvalue weighted by atomic mass is 79.9. The second-order valence-corrected chi connectivity index (χ2v) is 4.58. The highest BCUT2D eigenvalue weighted by molar-refractivity contribution is 8.14. The van der Waals surface area contributed by atoms with Gasteiger partial charge in [0.1, 0.15) is 6.54 Å². The van der Waals surface area contributed by atoms with Crippen molar-refractivity contribution in [2.45, 2.75) is 31.9 Å². The van der Waals surface area contributed by atoms with Gasteiger partial charge in [0.05, 0.1) is 17.5 Å². The second-order valence-electron chi connectivity index (χ2n) is 3.27. The molecule has 0 aromatic heterocycles. The fourth-order valence-electron chi connectivity index (χ4n) is 1.88. The molecule has 0 amide bonds. The molecule has 1 unspecified atom stereocenters. The third-order valence-corrected chi connectivity index (χ3v) is 3.66. The summed E-state index contributed by atoms with van der Waals surface area (Å²) in [6.45, 7) is 6.75. The lowest BCUT2D eigenvalue weighted by Crippen LogP contribution is -3.00. The van der Waals surface area contributed by atoms with E-state index in [-0.39, 0.29) is 17.0 Å². The van der Waals surface area contributed by atoms with E-state index in [2.05, 4.69) is 23.4 Å². The Morgan fingerprint density at radius 3 is 3.08 bits per heavy atom. The van der Waals surface area contributed by atoms with Crippen LogP contribution in [-0.4, -0.2) is 33.8 Å². The number of hydrogen-bond acceptors (Lipinski definition) is 2. The molecule has 0 saturated carbocycles. The monoisotopic (exact) mass is 262 g/mol. The molecule has 4 heteroatoms. The number of thioether (sulfide) groups is 1. The highest BCUT2D eigenvalue weighted by Gasteiger charge is 2.35. The Morgan fingerprint density at radius 2 is 2.38 bits per heavy atom. The third kappa shape index (κ3) is 1.99. The Balaban J connectivity index is 0.000000845. The van der Waals surface area contributed by atoms with Crippen molar-refractivity contribution in [1.29, 1.82) is 0 Å². The van der Waals surface area contributed by atoms with Crippen molar-refractivity contribution < 1.29 is 21.6 Å². The first kappa shape index (κ1) is 11.2. The van der Waals surface area contributed by atoms with Crippen molar-refractivity contribution in [3.63, 3.8) is 0 Å². The third-order valence-electron chi connectivity index (χ3n) is 2.48. The smallest absolute Gasteiger partial charge is 0.354 e. The van der Waals surface area contributed by atoms with Crippen LogP contribution in [0.4, 0.5) is 0 Å². The van der Waals surface area contributed by atoms with E-state index in [0.29, 0.717) is 5.25 Å². The molecule has 2 nitrogen and oxygen atoms in total. The zero-order chi connectivity index (χ0) is 8.55. The van der Waals surface area contributed by atoms with Gasteiger partial charge < -0.3 is 17.0 Å². The molecule has 74 valence electrons. The number of nitrogens with zero attached hydrogens (tertiary/aromatic N) is 2. The maximum Gasteiger partial charge on any atom is 0.354 e. The zero-order valence-corrected chi connectivity index (χ0v) is 10.5. The second kappa shape index (κ2) is 4.60.